The van der Waals surface area contributed by atoms with Crippen LogP contribution in [-0.4, -0.2) is 14.5 Å². The second-order valence-corrected chi connectivity index (χ2v) is 3.94. The zero-order valence-electron chi connectivity index (χ0n) is 8.98. The summed E-state index contributed by atoms with van der Waals surface area (Å²) < 4.78 is 39.8. The number of aromatic nitrogens is 2. The third-order valence-corrected chi connectivity index (χ3v) is 2.53. The molecule has 0 bridgehead atoms. The van der Waals surface area contributed by atoms with Crippen LogP contribution in [0.3, 0.4) is 0 Å². The van der Waals surface area contributed by atoms with Gasteiger partial charge < -0.3 is 5.73 Å². The first-order chi connectivity index (χ1) is 8.41. The Kier molecular flexibility index (Phi) is 3.08. The third kappa shape index (κ3) is 2.21. The maximum Gasteiger partial charge on any atom is 0.419 e. The lowest BCUT2D eigenvalue weighted by Gasteiger charge is -2.14. The van der Waals surface area contributed by atoms with Crippen LogP contribution in [0.15, 0.2) is 36.7 Å². The van der Waals surface area contributed by atoms with Crippen LogP contribution in [0.5, 0.6) is 0 Å². The fourth-order valence-corrected chi connectivity index (χ4v) is 1.74. The van der Waals surface area contributed by atoms with Crippen molar-refractivity contribution in [1.29, 1.82) is 0 Å². The molecule has 18 heavy (non-hydrogen) atoms. The number of hydrogen-bond acceptors (Lipinski definition) is 2. The fraction of sp³-hybridized carbons (Fsp3) is 0.0909. The summed E-state index contributed by atoms with van der Waals surface area (Å²) in [6.07, 6.45) is -1.76. The molecule has 2 N–H and O–H groups in total. The third-order valence-electron chi connectivity index (χ3n) is 2.32. The molecule has 0 aliphatic rings. The average Bonchev–Trinajstić information content (AvgIpc) is 2.76. The fourth-order valence-electron chi connectivity index (χ4n) is 1.58. The first-order valence-corrected chi connectivity index (χ1v) is 5.32. The maximum atomic E-state index is 12.9. The van der Waals surface area contributed by atoms with Crippen LogP contribution in [0.2, 0.25) is 0 Å². The molecule has 0 saturated carbocycles. The Hall–Kier alpha value is -1.89. The van der Waals surface area contributed by atoms with Gasteiger partial charge in [-0.05, 0) is 24.3 Å². The first-order valence-electron chi connectivity index (χ1n) is 4.91. The highest BCUT2D eigenvalue weighted by Gasteiger charge is 2.34. The molecule has 0 radical (unpaired) electrons. The summed E-state index contributed by atoms with van der Waals surface area (Å²) in [5.74, 6) is -0.238. The van der Waals surface area contributed by atoms with Gasteiger partial charge in [-0.25, -0.2) is 4.98 Å². The van der Waals surface area contributed by atoms with Crippen LogP contribution in [0.4, 0.5) is 13.2 Å². The first kappa shape index (κ1) is 12.6. The Labute approximate surface area is 106 Å². The minimum atomic E-state index is -4.48. The van der Waals surface area contributed by atoms with Gasteiger partial charge in [-0.15, -0.1) is 0 Å². The zero-order valence-corrected chi connectivity index (χ0v) is 9.79. The van der Waals surface area contributed by atoms with Crippen LogP contribution in [-0.2, 0) is 6.18 Å². The largest absolute Gasteiger partial charge is 0.419 e. The Morgan fingerprint density at radius 1 is 1.28 bits per heavy atom. The van der Waals surface area contributed by atoms with Gasteiger partial charge in [-0.3, -0.25) is 4.57 Å². The van der Waals surface area contributed by atoms with Crippen molar-refractivity contribution in [2.75, 3.05) is 0 Å². The van der Waals surface area contributed by atoms with Crippen molar-refractivity contribution in [2.24, 2.45) is 5.73 Å². The van der Waals surface area contributed by atoms with Gasteiger partial charge in [0, 0.05) is 12.4 Å². The molecule has 0 aliphatic carbocycles. The minimum absolute atomic E-state index is 0.0128. The average molecular weight is 271 g/mol. The van der Waals surface area contributed by atoms with Crippen molar-refractivity contribution in [3.8, 4) is 5.82 Å². The summed E-state index contributed by atoms with van der Waals surface area (Å²) in [5.41, 5.74) is 4.94. The smallest absolute Gasteiger partial charge is 0.388 e. The van der Waals surface area contributed by atoms with Crippen LogP contribution in [0.25, 0.3) is 5.82 Å². The summed E-state index contributed by atoms with van der Waals surface area (Å²) in [6.45, 7) is 0. The Bertz CT molecular complexity index is 589. The normalized spacial score (nSPS) is 11.5. The van der Waals surface area contributed by atoms with Gasteiger partial charge in [-0.2, -0.15) is 13.2 Å². The Morgan fingerprint density at radius 3 is 2.61 bits per heavy atom. The minimum Gasteiger partial charge on any atom is -0.388 e. The maximum absolute atomic E-state index is 12.9. The molecule has 0 atom stereocenters. The molecule has 0 aromatic carbocycles. The molecule has 0 saturated heterocycles. The highest BCUT2D eigenvalue weighted by atomic mass is 32.1. The van der Waals surface area contributed by atoms with Gasteiger partial charge in [0.1, 0.15) is 10.8 Å². The molecule has 0 spiro atoms. The number of alkyl halides is 3. The molecule has 94 valence electrons. The van der Waals surface area contributed by atoms with E-state index in [1.807, 2.05) is 0 Å². The van der Waals surface area contributed by atoms with E-state index < -0.39 is 11.7 Å². The summed E-state index contributed by atoms with van der Waals surface area (Å²) in [5, 5.41) is 0. The van der Waals surface area contributed by atoms with Crippen molar-refractivity contribution in [1.82, 2.24) is 9.55 Å². The molecular formula is C11H8F3N3S. The van der Waals surface area contributed by atoms with Gasteiger partial charge in [0.15, 0.2) is 0 Å². The van der Waals surface area contributed by atoms with Crippen molar-refractivity contribution in [3.05, 3.63) is 47.9 Å². The number of hydrogen-bond donors (Lipinski definition) is 1. The summed E-state index contributed by atoms with van der Waals surface area (Å²) in [4.78, 5) is 3.77. The van der Waals surface area contributed by atoms with Crippen LogP contribution >= 0.6 is 12.2 Å². The summed E-state index contributed by atoms with van der Waals surface area (Å²) >= 11 is 4.79. The summed E-state index contributed by atoms with van der Waals surface area (Å²) in [6, 6.07) is 5.29. The second kappa shape index (κ2) is 4.41. The van der Waals surface area contributed by atoms with E-state index in [1.165, 1.54) is 29.1 Å². The topological polar surface area (TPSA) is 43.8 Å². The van der Waals surface area contributed by atoms with E-state index in [0.29, 0.717) is 5.69 Å². The molecule has 2 aromatic rings. The lowest BCUT2D eigenvalue weighted by molar-refractivity contribution is -0.137. The lowest BCUT2D eigenvalue weighted by atomic mass is 10.2. The number of halogens is 3. The van der Waals surface area contributed by atoms with E-state index in [1.54, 1.807) is 6.07 Å². The van der Waals surface area contributed by atoms with E-state index in [0.717, 1.165) is 6.07 Å². The van der Waals surface area contributed by atoms with Gasteiger partial charge in [0.25, 0.3) is 0 Å². The molecule has 3 nitrogen and oxygen atoms in total. The molecule has 0 fully saturated rings. The highest BCUT2D eigenvalue weighted by molar-refractivity contribution is 7.80. The van der Waals surface area contributed by atoms with Crippen LogP contribution in [0.1, 0.15) is 11.3 Å². The molecule has 0 amide bonds. The number of thiocarbonyl (C=S) groups is 1. The highest BCUT2D eigenvalue weighted by Crippen LogP contribution is 2.33. The number of rotatable bonds is 2. The van der Waals surface area contributed by atoms with E-state index in [2.05, 4.69) is 4.98 Å². The van der Waals surface area contributed by atoms with E-state index in [4.69, 9.17) is 18.0 Å². The second-order valence-electron chi connectivity index (χ2n) is 3.50. The zero-order chi connectivity index (χ0) is 13.3. The van der Waals surface area contributed by atoms with Crippen molar-refractivity contribution < 1.29 is 13.2 Å². The van der Waals surface area contributed by atoms with Crippen molar-refractivity contribution >= 4 is 17.2 Å². The number of nitrogens with two attached hydrogens (primary N) is 1. The standard InChI is InChI=1S/C11H8F3N3S/c12-11(13,14)7-3-1-5-16-10(7)17-6-2-4-8(17)9(15)18/h1-6H,(H2,15,18). The van der Waals surface area contributed by atoms with Gasteiger partial charge in [0.05, 0.1) is 11.3 Å². The molecule has 0 aliphatic heterocycles. The molecule has 0 unspecified atom stereocenters. The van der Waals surface area contributed by atoms with E-state index in [-0.39, 0.29) is 10.8 Å². The quantitative estimate of drug-likeness (QED) is 0.854. The predicted octanol–water partition coefficient (Wildman–Crippen LogP) is 2.53. The van der Waals surface area contributed by atoms with E-state index >= 15 is 0 Å². The van der Waals surface area contributed by atoms with Gasteiger partial charge >= 0.3 is 6.18 Å². The molecular weight excluding hydrogens is 263 g/mol. The van der Waals surface area contributed by atoms with Crippen molar-refractivity contribution in [3.63, 3.8) is 0 Å². The number of pyridine rings is 1. The molecule has 2 aromatic heterocycles. The summed E-state index contributed by atoms with van der Waals surface area (Å²) in [7, 11) is 0. The van der Waals surface area contributed by atoms with Crippen LogP contribution in [0, 0.1) is 0 Å². The predicted molar refractivity (Wildman–Crippen MR) is 64.5 cm³/mol. The van der Waals surface area contributed by atoms with E-state index in [9.17, 15) is 13.2 Å². The number of nitrogens with zero attached hydrogens (tertiary/aromatic N) is 2. The molecule has 7 heteroatoms. The molecule has 2 heterocycles. The SMILES string of the molecule is NC(=S)c1cccn1-c1ncccc1C(F)(F)F. The Balaban J connectivity index is 2.65. The van der Waals surface area contributed by atoms with Crippen molar-refractivity contribution in [2.45, 2.75) is 6.18 Å². The lowest BCUT2D eigenvalue weighted by Crippen LogP contribution is -2.18. The van der Waals surface area contributed by atoms with Gasteiger partial charge in [0.2, 0.25) is 0 Å². The Morgan fingerprint density at radius 2 is 2.00 bits per heavy atom. The molecule has 2 rings (SSSR count). The van der Waals surface area contributed by atoms with Gasteiger partial charge in [-0.1, -0.05) is 12.2 Å². The van der Waals surface area contributed by atoms with Crippen LogP contribution < -0.4 is 5.73 Å². The monoisotopic (exact) mass is 271 g/mol.